The van der Waals surface area contributed by atoms with Crippen molar-refractivity contribution in [1.82, 2.24) is 0 Å². The quantitative estimate of drug-likeness (QED) is 0.523. The number of nitro groups is 1. The molecule has 0 aliphatic heterocycles. The highest BCUT2D eigenvalue weighted by Crippen LogP contribution is 2.19. The highest BCUT2D eigenvalue weighted by atomic mass is 16.6. The highest BCUT2D eigenvalue weighted by molar-refractivity contribution is 5.84. The first kappa shape index (κ1) is 11.2. The number of rotatable bonds is 1. The lowest BCUT2D eigenvalue weighted by molar-refractivity contribution is -0.384. The molecule has 2 rings (SSSR count). The summed E-state index contributed by atoms with van der Waals surface area (Å²) in [6.07, 6.45) is 0. The average Bonchev–Trinajstić information content (AvgIpc) is 2.31. The summed E-state index contributed by atoms with van der Waals surface area (Å²) < 4.78 is 0. The largest absolute Gasteiger partial charge is 0.270 e. The Labute approximate surface area is 88.5 Å². The number of hydrogen-bond acceptors (Lipinski definition) is 2. The number of non-ortho nitro benzene ring substituents is 1. The summed E-state index contributed by atoms with van der Waals surface area (Å²) in [6.45, 7) is 4.00. The average molecular weight is 203 g/mol. The van der Waals surface area contributed by atoms with Gasteiger partial charge in [0.1, 0.15) is 0 Å². The van der Waals surface area contributed by atoms with Gasteiger partial charge in [0.15, 0.2) is 0 Å². The van der Waals surface area contributed by atoms with Crippen molar-refractivity contribution in [2.75, 3.05) is 0 Å². The molecule has 0 N–H and O–H groups in total. The predicted octanol–water partition coefficient (Wildman–Crippen LogP) is 3.77. The molecule has 15 heavy (non-hydrogen) atoms. The maximum absolute atomic E-state index is 10.5. The van der Waals surface area contributed by atoms with E-state index in [-0.39, 0.29) is 10.6 Å². The second-order valence-corrected chi connectivity index (χ2v) is 2.79. The van der Waals surface area contributed by atoms with Gasteiger partial charge in [-0.15, -0.1) is 0 Å². The molecule has 2 aromatic rings. The molecule has 0 amide bonds. The van der Waals surface area contributed by atoms with Gasteiger partial charge in [0.25, 0.3) is 5.69 Å². The van der Waals surface area contributed by atoms with E-state index in [1.807, 2.05) is 38.1 Å². The lowest BCUT2D eigenvalue weighted by atomic mass is 10.1. The van der Waals surface area contributed by atoms with Gasteiger partial charge in [-0.25, -0.2) is 0 Å². The Morgan fingerprint density at radius 1 is 1.00 bits per heavy atom. The van der Waals surface area contributed by atoms with Gasteiger partial charge in [0, 0.05) is 12.1 Å². The third-order valence-electron chi connectivity index (χ3n) is 1.94. The Morgan fingerprint density at radius 2 is 1.60 bits per heavy atom. The van der Waals surface area contributed by atoms with Crippen LogP contribution >= 0.6 is 0 Å². The molecule has 0 unspecified atom stereocenters. The van der Waals surface area contributed by atoms with Gasteiger partial charge in [-0.1, -0.05) is 38.1 Å². The summed E-state index contributed by atoms with van der Waals surface area (Å²) in [5, 5.41) is 12.4. The fourth-order valence-electron chi connectivity index (χ4n) is 1.29. The summed E-state index contributed by atoms with van der Waals surface area (Å²) in [5.74, 6) is 0. The molecule has 0 aromatic heterocycles. The van der Waals surface area contributed by atoms with Crippen LogP contribution in [0.25, 0.3) is 10.8 Å². The summed E-state index contributed by atoms with van der Waals surface area (Å²) >= 11 is 0. The van der Waals surface area contributed by atoms with Crippen LogP contribution in [0.4, 0.5) is 5.69 Å². The van der Waals surface area contributed by atoms with Crippen LogP contribution in [-0.2, 0) is 0 Å². The van der Waals surface area contributed by atoms with Gasteiger partial charge in [0.05, 0.1) is 4.92 Å². The van der Waals surface area contributed by atoms with Crippen LogP contribution < -0.4 is 0 Å². The number of hydrogen-bond donors (Lipinski definition) is 0. The van der Waals surface area contributed by atoms with E-state index in [1.54, 1.807) is 12.1 Å². The Balaban J connectivity index is 0.000000531. The summed E-state index contributed by atoms with van der Waals surface area (Å²) in [5.41, 5.74) is 0.138. The third-order valence-corrected chi connectivity index (χ3v) is 1.94. The fourth-order valence-corrected chi connectivity index (χ4v) is 1.29. The molecule has 0 saturated heterocycles. The molecule has 3 nitrogen and oxygen atoms in total. The molecule has 0 saturated carbocycles. The normalized spacial score (nSPS) is 9.20. The van der Waals surface area contributed by atoms with E-state index in [9.17, 15) is 10.1 Å². The first-order valence-corrected chi connectivity index (χ1v) is 4.90. The van der Waals surface area contributed by atoms with Gasteiger partial charge in [-0.05, 0) is 16.8 Å². The first-order chi connectivity index (χ1) is 7.27. The van der Waals surface area contributed by atoms with Crippen molar-refractivity contribution in [3.8, 4) is 0 Å². The molecule has 0 fully saturated rings. The maximum Gasteiger partial charge on any atom is 0.270 e. The smallest absolute Gasteiger partial charge is 0.258 e. The second kappa shape index (κ2) is 5.10. The van der Waals surface area contributed by atoms with Crippen molar-refractivity contribution in [3.63, 3.8) is 0 Å². The monoisotopic (exact) mass is 203 g/mol. The molecule has 0 spiro atoms. The van der Waals surface area contributed by atoms with Crippen LogP contribution in [0.1, 0.15) is 13.8 Å². The maximum atomic E-state index is 10.5. The van der Waals surface area contributed by atoms with Crippen LogP contribution in [0.5, 0.6) is 0 Å². The van der Waals surface area contributed by atoms with Crippen molar-refractivity contribution in [3.05, 3.63) is 52.6 Å². The lowest BCUT2D eigenvalue weighted by Gasteiger charge is -1.95. The molecule has 2 aromatic carbocycles. The molecule has 0 atom stereocenters. The molecular weight excluding hydrogens is 190 g/mol. The van der Waals surface area contributed by atoms with E-state index in [2.05, 4.69) is 0 Å². The van der Waals surface area contributed by atoms with E-state index in [4.69, 9.17) is 0 Å². The SMILES string of the molecule is CC.O=[N+]([O-])c1ccc2ccccc2c1. The standard InChI is InChI=1S/C10H7NO2.C2H6/c12-11(13)10-6-5-8-3-1-2-4-9(8)7-10;1-2/h1-7H;1-2H3. The fraction of sp³-hybridized carbons (Fsp3) is 0.167. The zero-order valence-electron chi connectivity index (χ0n) is 8.81. The van der Waals surface area contributed by atoms with Crippen molar-refractivity contribution >= 4 is 16.5 Å². The zero-order chi connectivity index (χ0) is 11.3. The van der Waals surface area contributed by atoms with E-state index in [0.717, 1.165) is 10.8 Å². The highest BCUT2D eigenvalue weighted by Gasteiger charge is 2.04. The Hall–Kier alpha value is -1.90. The van der Waals surface area contributed by atoms with Gasteiger partial charge < -0.3 is 0 Å². The summed E-state index contributed by atoms with van der Waals surface area (Å²) in [7, 11) is 0. The zero-order valence-corrected chi connectivity index (χ0v) is 8.81. The van der Waals surface area contributed by atoms with E-state index < -0.39 is 0 Å². The van der Waals surface area contributed by atoms with Crippen LogP contribution in [0.3, 0.4) is 0 Å². The van der Waals surface area contributed by atoms with Gasteiger partial charge >= 0.3 is 0 Å². The Morgan fingerprint density at radius 3 is 2.20 bits per heavy atom. The number of fused-ring (bicyclic) bond motifs is 1. The van der Waals surface area contributed by atoms with Crippen LogP contribution in [0.2, 0.25) is 0 Å². The number of benzene rings is 2. The number of nitro benzene ring substituents is 1. The topological polar surface area (TPSA) is 43.1 Å². The van der Waals surface area contributed by atoms with Crippen molar-refractivity contribution in [2.45, 2.75) is 13.8 Å². The van der Waals surface area contributed by atoms with Gasteiger partial charge in [-0.2, -0.15) is 0 Å². The lowest BCUT2D eigenvalue weighted by Crippen LogP contribution is -1.86. The van der Waals surface area contributed by atoms with Crippen molar-refractivity contribution in [2.24, 2.45) is 0 Å². The van der Waals surface area contributed by atoms with Gasteiger partial charge in [0.2, 0.25) is 0 Å². The molecule has 0 bridgehead atoms. The molecule has 78 valence electrons. The van der Waals surface area contributed by atoms with E-state index >= 15 is 0 Å². The Bertz CT molecular complexity index is 466. The van der Waals surface area contributed by atoms with Gasteiger partial charge in [-0.3, -0.25) is 10.1 Å². The minimum Gasteiger partial charge on any atom is -0.258 e. The van der Waals surface area contributed by atoms with Crippen molar-refractivity contribution < 1.29 is 4.92 Å². The molecule has 0 aliphatic rings. The van der Waals surface area contributed by atoms with Crippen molar-refractivity contribution in [1.29, 1.82) is 0 Å². The molecule has 0 aliphatic carbocycles. The molecular formula is C12H13NO2. The van der Waals surface area contributed by atoms with E-state index in [1.165, 1.54) is 6.07 Å². The number of nitrogens with zero attached hydrogens (tertiary/aromatic N) is 1. The minimum atomic E-state index is -0.382. The molecule has 0 radical (unpaired) electrons. The molecule has 0 heterocycles. The predicted molar refractivity (Wildman–Crippen MR) is 62.0 cm³/mol. The van der Waals surface area contributed by atoms with Crippen LogP contribution in [-0.4, -0.2) is 4.92 Å². The summed E-state index contributed by atoms with van der Waals surface area (Å²) in [4.78, 5) is 10.1. The minimum absolute atomic E-state index is 0.138. The Kier molecular flexibility index (Phi) is 3.80. The van der Waals surface area contributed by atoms with Crippen LogP contribution in [0, 0.1) is 10.1 Å². The third kappa shape index (κ3) is 2.53. The van der Waals surface area contributed by atoms with E-state index in [0.29, 0.717) is 0 Å². The van der Waals surface area contributed by atoms with Crippen LogP contribution in [0.15, 0.2) is 42.5 Å². The second-order valence-electron chi connectivity index (χ2n) is 2.79. The molecule has 3 heteroatoms. The first-order valence-electron chi connectivity index (χ1n) is 4.90. The summed E-state index contributed by atoms with van der Waals surface area (Å²) in [6, 6.07) is 12.4.